The average molecular weight is 463 g/mol. The average Bonchev–Trinajstić information content (AvgIpc) is 3.43. The number of hydrogen-bond donors (Lipinski definition) is 3. The van der Waals surface area contributed by atoms with Gasteiger partial charge in [-0.15, -0.1) is 0 Å². The van der Waals surface area contributed by atoms with Crippen LogP contribution in [-0.2, 0) is 4.79 Å². The molecule has 1 saturated heterocycles. The Balaban J connectivity index is 1.25. The molecule has 0 bridgehead atoms. The van der Waals surface area contributed by atoms with Gasteiger partial charge in [-0.2, -0.15) is 5.10 Å². The number of aryl methyl sites for hydroxylation is 1. The van der Waals surface area contributed by atoms with Crippen LogP contribution in [0.15, 0.2) is 42.9 Å². The van der Waals surface area contributed by atoms with Crippen LogP contribution in [-0.4, -0.2) is 65.4 Å². The summed E-state index contributed by atoms with van der Waals surface area (Å²) >= 11 is 0. The lowest BCUT2D eigenvalue weighted by Crippen LogP contribution is -2.45. The zero-order valence-electron chi connectivity index (χ0n) is 18.8. The van der Waals surface area contributed by atoms with Gasteiger partial charge in [0, 0.05) is 31.0 Å². The first kappa shape index (κ1) is 22.0. The van der Waals surface area contributed by atoms with Crippen molar-refractivity contribution < 1.29 is 19.8 Å². The van der Waals surface area contributed by atoms with Gasteiger partial charge in [0.25, 0.3) is 5.91 Å². The summed E-state index contributed by atoms with van der Waals surface area (Å²) < 4.78 is 1.90. The number of amides is 1. The zero-order chi connectivity index (χ0) is 23.9. The highest BCUT2D eigenvalue weighted by molar-refractivity contribution is 5.88. The first-order valence-electron chi connectivity index (χ1n) is 11.3. The van der Waals surface area contributed by atoms with Crippen LogP contribution in [0.25, 0.3) is 11.3 Å². The van der Waals surface area contributed by atoms with Crippen molar-refractivity contribution in [1.29, 1.82) is 0 Å². The Morgan fingerprint density at radius 1 is 1.12 bits per heavy atom. The normalized spacial score (nSPS) is 17.4. The van der Waals surface area contributed by atoms with E-state index < -0.39 is 11.6 Å². The van der Waals surface area contributed by atoms with E-state index >= 15 is 0 Å². The summed E-state index contributed by atoms with van der Waals surface area (Å²) in [7, 11) is 0. The van der Waals surface area contributed by atoms with Gasteiger partial charge in [0.05, 0.1) is 29.2 Å². The highest BCUT2D eigenvalue weighted by Crippen LogP contribution is 2.38. The van der Waals surface area contributed by atoms with E-state index in [0.29, 0.717) is 31.9 Å². The summed E-state index contributed by atoms with van der Waals surface area (Å²) in [6, 6.07) is 6.76. The van der Waals surface area contributed by atoms with E-state index in [1.807, 2.05) is 17.8 Å². The van der Waals surface area contributed by atoms with Crippen LogP contribution in [0.1, 0.15) is 47.6 Å². The van der Waals surface area contributed by atoms with Crippen LogP contribution in [0.2, 0.25) is 0 Å². The predicted octanol–water partition coefficient (Wildman–Crippen LogP) is 2.78. The lowest BCUT2D eigenvalue weighted by atomic mass is 10.0. The van der Waals surface area contributed by atoms with Crippen LogP contribution in [0.5, 0.6) is 0 Å². The number of benzene rings is 1. The third-order valence-corrected chi connectivity index (χ3v) is 6.48. The fourth-order valence-electron chi connectivity index (χ4n) is 4.26. The van der Waals surface area contributed by atoms with Crippen molar-refractivity contribution in [2.75, 3.05) is 18.4 Å². The van der Waals surface area contributed by atoms with Gasteiger partial charge in [-0.3, -0.25) is 9.48 Å². The number of carboxylic acid groups (broad SMARTS) is 1. The molecule has 3 heterocycles. The van der Waals surface area contributed by atoms with Gasteiger partial charge in [0.1, 0.15) is 5.60 Å². The number of carbonyl (C=O) groups is 2. The molecule has 5 rings (SSSR count). The SMILES string of the molecule is Cc1cnc(Nc2cnn(C3CCN(C(=O)C4(O)CC4)CC3)c2)nc1-c1ccc(C(=O)O)cc1. The molecule has 0 atom stereocenters. The van der Waals surface area contributed by atoms with E-state index in [0.717, 1.165) is 35.3 Å². The number of carbonyl (C=O) groups excluding carboxylic acids is 1. The van der Waals surface area contributed by atoms with Crippen LogP contribution in [0.4, 0.5) is 11.6 Å². The van der Waals surface area contributed by atoms with Crippen LogP contribution >= 0.6 is 0 Å². The quantitative estimate of drug-likeness (QED) is 0.509. The minimum atomic E-state index is -1.11. The highest BCUT2D eigenvalue weighted by Gasteiger charge is 2.50. The molecule has 0 radical (unpaired) electrons. The maximum absolute atomic E-state index is 12.3. The molecule has 1 aliphatic carbocycles. The molecule has 3 aromatic rings. The van der Waals surface area contributed by atoms with Gasteiger partial charge in [-0.25, -0.2) is 14.8 Å². The van der Waals surface area contributed by atoms with Crippen molar-refractivity contribution in [3.8, 4) is 11.3 Å². The van der Waals surface area contributed by atoms with Crippen molar-refractivity contribution in [2.45, 2.75) is 44.2 Å². The number of aliphatic hydroxyl groups is 1. The number of likely N-dealkylation sites (tertiary alicyclic amines) is 1. The Morgan fingerprint density at radius 2 is 1.82 bits per heavy atom. The second-order valence-electron chi connectivity index (χ2n) is 9.00. The zero-order valence-corrected chi connectivity index (χ0v) is 18.8. The molecule has 176 valence electrons. The number of aromatic nitrogens is 4. The van der Waals surface area contributed by atoms with Crippen LogP contribution in [0, 0.1) is 6.92 Å². The van der Waals surface area contributed by atoms with Crippen molar-refractivity contribution >= 4 is 23.5 Å². The maximum Gasteiger partial charge on any atom is 0.335 e. The predicted molar refractivity (Wildman–Crippen MR) is 124 cm³/mol. The number of hydrogen-bond acceptors (Lipinski definition) is 7. The Hall–Kier alpha value is -3.79. The number of aromatic carboxylic acids is 1. The number of carboxylic acids is 1. The number of piperidine rings is 1. The summed E-state index contributed by atoms with van der Waals surface area (Å²) in [4.78, 5) is 34.2. The summed E-state index contributed by atoms with van der Waals surface area (Å²) in [5.41, 5.74) is 2.26. The molecule has 10 nitrogen and oxygen atoms in total. The molecule has 0 unspecified atom stereocenters. The smallest absolute Gasteiger partial charge is 0.335 e. The molecule has 0 spiro atoms. The Kier molecular flexibility index (Phi) is 5.52. The van der Waals surface area contributed by atoms with Crippen molar-refractivity contribution in [3.05, 3.63) is 54.0 Å². The van der Waals surface area contributed by atoms with Crippen molar-refractivity contribution in [1.82, 2.24) is 24.6 Å². The third kappa shape index (κ3) is 4.36. The van der Waals surface area contributed by atoms with Gasteiger partial charge in [-0.1, -0.05) is 12.1 Å². The Bertz CT molecular complexity index is 1230. The minimum absolute atomic E-state index is 0.140. The molecule has 1 saturated carbocycles. The molecule has 34 heavy (non-hydrogen) atoms. The molecule has 1 amide bonds. The lowest BCUT2D eigenvalue weighted by Gasteiger charge is -2.33. The minimum Gasteiger partial charge on any atom is -0.478 e. The van der Waals surface area contributed by atoms with E-state index in [1.165, 1.54) is 0 Å². The largest absolute Gasteiger partial charge is 0.478 e. The van der Waals surface area contributed by atoms with E-state index in [9.17, 15) is 14.7 Å². The third-order valence-electron chi connectivity index (χ3n) is 6.48. The Labute approximate surface area is 196 Å². The first-order chi connectivity index (χ1) is 16.3. The monoisotopic (exact) mass is 462 g/mol. The summed E-state index contributed by atoms with van der Waals surface area (Å²) in [5.74, 6) is -0.693. The molecule has 2 fully saturated rings. The molecule has 10 heteroatoms. The fraction of sp³-hybridized carbons (Fsp3) is 0.375. The molecule has 2 aromatic heterocycles. The standard InChI is InChI=1S/C24H26N6O4/c1-15-12-25-23(28-20(15)16-2-4-17(5-3-16)21(31)32)27-18-13-26-30(14-18)19-6-10-29(11-7-19)22(33)24(34)8-9-24/h2-5,12-14,19,34H,6-11H2,1H3,(H,31,32)(H,25,27,28). The van der Waals surface area contributed by atoms with E-state index in [1.54, 1.807) is 41.6 Å². The molecular formula is C24H26N6O4. The summed E-state index contributed by atoms with van der Waals surface area (Å²) in [5, 5.41) is 26.8. The second-order valence-corrected chi connectivity index (χ2v) is 9.00. The molecule has 1 aromatic carbocycles. The Morgan fingerprint density at radius 3 is 2.47 bits per heavy atom. The van der Waals surface area contributed by atoms with Gasteiger partial charge < -0.3 is 20.4 Å². The van der Waals surface area contributed by atoms with Crippen molar-refractivity contribution in [3.63, 3.8) is 0 Å². The number of nitrogens with one attached hydrogen (secondary N) is 1. The number of rotatable bonds is 6. The second kappa shape index (κ2) is 8.53. The molecule has 2 aliphatic rings. The highest BCUT2D eigenvalue weighted by atomic mass is 16.4. The van der Waals surface area contributed by atoms with Gasteiger partial charge >= 0.3 is 5.97 Å². The molecule has 3 N–H and O–H groups in total. The topological polar surface area (TPSA) is 133 Å². The molecular weight excluding hydrogens is 436 g/mol. The van der Waals surface area contributed by atoms with E-state index in [4.69, 9.17) is 5.11 Å². The fourth-order valence-corrected chi connectivity index (χ4v) is 4.26. The maximum atomic E-state index is 12.3. The van der Waals surface area contributed by atoms with Gasteiger partial charge in [-0.05, 0) is 50.3 Å². The van der Waals surface area contributed by atoms with E-state index in [2.05, 4.69) is 20.4 Å². The summed E-state index contributed by atoms with van der Waals surface area (Å²) in [6.45, 7) is 3.13. The van der Waals surface area contributed by atoms with Gasteiger partial charge in [0.2, 0.25) is 5.95 Å². The lowest BCUT2D eigenvalue weighted by molar-refractivity contribution is -0.143. The van der Waals surface area contributed by atoms with Crippen LogP contribution in [0.3, 0.4) is 0 Å². The molecule has 1 aliphatic heterocycles. The summed E-state index contributed by atoms with van der Waals surface area (Å²) in [6.07, 6.45) is 8.03. The number of nitrogens with zero attached hydrogens (tertiary/aromatic N) is 5. The van der Waals surface area contributed by atoms with Crippen molar-refractivity contribution in [2.24, 2.45) is 0 Å². The first-order valence-corrected chi connectivity index (χ1v) is 11.3. The van der Waals surface area contributed by atoms with E-state index in [-0.39, 0.29) is 17.5 Å². The van der Waals surface area contributed by atoms with Gasteiger partial charge in [0.15, 0.2) is 0 Å². The number of anilines is 2. The van der Waals surface area contributed by atoms with Crippen LogP contribution < -0.4 is 5.32 Å².